The lowest BCUT2D eigenvalue weighted by Gasteiger charge is -2.59. The normalized spacial score (nSPS) is 36.1. The zero-order valence-corrected chi connectivity index (χ0v) is 26.7. The van der Waals surface area contributed by atoms with Crippen LogP contribution in [-0.4, -0.2) is 70.1 Å². The number of aliphatic carboxylic acids is 1. The molecule has 2 aromatic rings. The minimum absolute atomic E-state index is 0.0467. The standard InChI is InChI=1S/C36H50O8/c1-25(15-16-32(38)39)33-28(37)17-18-35(3)29(42-33)21-30-36(4,44-35)22-31(41-24-27-13-9-6-10-14-27)34(2,43-30)19-20-40-23-26-11-7-5-8-12-26/h5-14,25,28-31,33,37H,15-24H2,1-4H3,(H,38,39)/t25-,28+,29+,30-,31-,33-,34+,35-,36+/m1/s1. The third kappa shape index (κ3) is 7.72. The van der Waals surface area contributed by atoms with Crippen molar-refractivity contribution in [3.8, 4) is 0 Å². The maximum Gasteiger partial charge on any atom is 0.303 e. The van der Waals surface area contributed by atoms with Crippen LogP contribution >= 0.6 is 0 Å². The first-order valence-corrected chi connectivity index (χ1v) is 16.2. The van der Waals surface area contributed by atoms with Crippen molar-refractivity contribution >= 4 is 5.97 Å². The first kappa shape index (κ1) is 33.0. The van der Waals surface area contributed by atoms with Crippen molar-refractivity contribution in [1.82, 2.24) is 0 Å². The van der Waals surface area contributed by atoms with Crippen molar-refractivity contribution in [2.45, 2.75) is 133 Å². The van der Waals surface area contributed by atoms with Gasteiger partial charge >= 0.3 is 5.97 Å². The predicted molar refractivity (Wildman–Crippen MR) is 166 cm³/mol. The Morgan fingerprint density at radius 3 is 2.30 bits per heavy atom. The van der Waals surface area contributed by atoms with Gasteiger partial charge in [-0.25, -0.2) is 0 Å². The molecule has 0 unspecified atom stereocenters. The SMILES string of the molecule is C[C@H](CCC(=O)O)[C@H]1O[C@H]2C[C@H]3O[C@@](C)(CCOCc4ccccc4)[C@H](OCc4ccccc4)C[C@]3(C)O[C@]2(C)CC[C@@H]1O. The average molecular weight is 611 g/mol. The lowest BCUT2D eigenvalue weighted by atomic mass is 9.73. The molecular formula is C36H50O8. The van der Waals surface area contributed by atoms with E-state index < -0.39 is 35.0 Å². The van der Waals surface area contributed by atoms with Gasteiger partial charge in [0.2, 0.25) is 0 Å². The van der Waals surface area contributed by atoms with E-state index >= 15 is 0 Å². The van der Waals surface area contributed by atoms with Crippen molar-refractivity contribution in [2.75, 3.05) is 6.61 Å². The molecule has 9 atom stereocenters. The van der Waals surface area contributed by atoms with Gasteiger partial charge in [0.25, 0.3) is 0 Å². The number of hydrogen-bond acceptors (Lipinski definition) is 7. The van der Waals surface area contributed by atoms with Crippen LogP contribution in [0.2, 0.25) is 0 Å². The highest BCUT2D eigenvalue weighted by molar-refractivity contribution is 5.66. The van der Waals surface area contributed by atoms with Crippen molar-refractivity contribution in [3.63, 3.8) is 0 Å². The van der Waals surface area contributed by atoms with Gasteiger partial charge in [0, 0.05) is 32.3 Å². The molecule has 3 aliphatic rings. The van der Waals surface area contributed by atoms with Crippen LogP contribution in [0, 0.1) is 5.92 Å². The smallest absolute Gasteiger partial charge is 0.303 e. The number of fused-ring (bicyclic) bond motifs is 2. The maximum atomic E-state index is 11.2. The van der Waals surface area contributed by atoms with Crippen LogP contribution < -0.4 is 0 Å². The minimum atomic E-state index is -0.840. The summed E-state index contributed by atoms with van der Waals surface area (Å²) in [5.41, 5.74) is 0.387. The van der Waals surface area contributed by atoms with Gasteiger partial charge in [-0.05, 0) is 57.1 Å². The number of carboxylic acids is 1. The van der Waals surface area contributed by atoms with Crippen molar-refractivity contribution < 1.29 is 38.7 Å². The highest BCUT2D eigenvalue weighted by Gasteiger charge is 2.61. The molecule has 8 heteroatoms. The minimum Gasteiger partial charge on any atom is -0.481 e. The summed E-state index contributed by atoms with van der Waals surface area (Å²) in [6.45, 7) is 9.82. The van der Waals surface area contributed by atoms with Gasteiger partial charge in [-0.15, -0.1) is 0 Å². The fraction of sp³-hybridized carbons (Fsp3) is 0.639. The zero-order valence-electron chi connectivity index (χ0n) is 26.7. The van der Waals surface area contributed by atoms with Crippen LogP contribution in [0.4, 0.5) is 0 Å². The molecule has 242 valence electrons. The monoisotopic (exact) mass is 610 g/mol. The van der Waals surface area contributed by atoms with Crippen molar-refractivity contribution in [1.29, 1.82) is 0 Å². The topological polar surface area (TPSA) is 104 Å². The van der Waals surface area contributed by atoms with E-state index in [0.29, 0.717) is 58.3 Å². The molecule has 0 spiro atoms. The van der Waals surface area contributed by atoms with Gasteiger partial charge in [0.05, 0.1) is 60.5 Å². The Kier molecular flexibility index (Phi) is 10.5. The van der Waals surface area contributed by atoms with Crippen LogP contribution in [0.25, 0.3) is 0 Å². The van der Waals surface area contributed by atoms with E-state index in [1.54, 1.807) is 0 Å². The van der Waals surface area contributed by atoms with Gasteiger partial charge in [0.1, 0.15) is 0 Å². The van der Waals surface area contributed by atoms with E-state index in [0.717, 1.165) is 11.1 Å². The third-order valence-corrected chi connectivity index (χ3v) is 10.1. The largest absolute Gasteiger partial charge is 0.481 e. The molecule has 0 bridgehead atoms. The van der Waals surface area contributed by atoms with E-state index in [1.807, 2.05) is 43.3 Å². The summed E-state index contributed by atoms with van der Waals surface area (Å²) in [6, 6.07) is 20.3. The quantitative estimate of drug-likeness (QED) is 0.279. The third-order valence-electron chi connectivity index (χ3n) is 10.1. The van der Waals surface area contributed by atoms with Gasteiger partial charge in [0.15, 0.2) is 0 Å². The molecule has 5 rings (SSSR count). The van der Waals surface area contributed by atoms with Crippen LogP contribution in [0.5, 0.6) is 0 Å². The van der Waals surface area contributed by atoms with E-state index in [4.69, 9.17) is 23.7 Å². The van der Waals surface area contributed by atoms with Crippen molar-refractivity contribution in [2.24, 2.45) is 5.92 Å². The molecule has 3 aliphatic heterocycles. The summed E-state index contributed by atoms with van der Waals surface area (Å²) in [5, 5.41) is 20.3. The molecule has 0 aliphatic carbocycles. The number of rotatable bonds is 12. The zero-order chi connectivity index (χ0) is 31.4. The summed E-state index contributed by atoms with van der Waals surface area (Å²) in [4.78, 5) is 11.2. The van der Waals surface area contributed by atoms with E-state index in [2.05, 4.69) is 45.0 Å². The molecular weight excluding hydrogens is 560 g/mol. The number of aliphatic hydroxyl groups excluding tert-OH is 1. The van der Waals surface area contributed by atoms with Gasteiger partial charge in [-0.1, -0.05) is 67.6 Å². The van der Waals surface area contributed by atoms with Crippen LogP contribution in [0.1, 0.15) is 83.8 Å². The molecule has 2 N–H and O–H groups in total. The van der Waals surface area contributed by atoms with Crippen LogP contribution in [-0.2, 0) is 41.7 Å². The molecule has 3 fully saturated rings. The molecule has 2 aromatic carbocycles. The highest BCUT2D eigenvalue weighted by Crippen LogP contribution is 2.51. The summed E-state index contributed by atoms with van der Waals surface area (Å²) in [6.07, 6.45) is 1.67. The van der Waals surface area contributed by atoms with E-state index in [-0.39, 0.29) is 30.7 Å². The molecule has 44 heavy (non-hydrogen) atoms. The molecule has 0 aromatic heterocycles. The number of ether oxygens (including phenoxy) is 5. The van der Waals surface area contributed by atoms with E-state index in [1.165, 1.54) is 0 Å². The second-order valence-corrected chi connectivity index (χ2v) is 13.8. The van der Waals surface area contributed by atoms with Crippen molar-refractivity contribution in [3.05, 3.63) is 71.8 Å². The molecule has 0 saturated carbocycles. The Bertz CT molecular complexity index is 1210. The average Bonchev–Trinajstić information content (AvgIpc) is 3.12. The Morgan fingerprint density at radius 1 is 0.977 bits per heavy atom. The summed E-state index contributed by atoms with van der Waals surface area (Å²) in [7, 11) is 0. The molecule has 0 amide bonds. The number of hydrogen-bond donors (Lipinski definition) is 2. The second kappa shape index (κ2) is 14.0. The highest BCUT2D eigenvalue weighted by atomic mass is 16.6. The summed E-state index contributed by atoms with van der Waals surface area (Å²) in [5.74, 6) is -0.944. The molecule has 0 radical (unpaired) electrons. The summed E-state index contributed by atoms with van der Waals surface area (Å²) < 4.78 is 33.4. The predicted octanol–water partition coefficient (Wildman–Crippen LogP) is 6.07. The number of carboxylic acid groups (broad SMARTS) is 1. The summed E-state index contributed by atoms with van der Waals surface area (Å²) >= 11 is 0. The van der Waals surface area contributed by atoms with Crippen LogP contribution in [0.15, 0.2) is 60.7 Å². The Hall–Kier alpha value is -2.33. The van der Waals surface area contributed by atoms with Crippen LogP contribution in [0.3, 0.4) is 0 Å². The Morgan fingerprint density at radius 2 is 1.64 bits per heavy atom. The fourth-order valence-electron chi connectivity index (χ4n) is 7.27. The second-order valence-electron chi connectivity index (χ2n) is 13.8. The van der Waals surface area contributed by atoms with Gasteiger partial charge in [-0.3, -0.25) is 4.79 Å². The first-order chi connectivity index (χ1) is 21.0. The lowest BCUT2D eigenvalue weighted by Crippen LogP contribution is -2.69. The molecule has 3 heterocycles. The maximum absolute atomic E-state index is 11.2. The van der Waals surface area contributed by atoms with E-state index in [9.17, 15) is 15.0 Å². The number of carbonyl (C=O) groups is 1. The lowest BCUT2D eigenvalue weighted by molar-refractivity contribution is -0.345. The van der Waals surface area contributed by atoms with Gasteiger partial charge < -0.3 is 33.9 Å². The number of aliphatic hydroxyl groups is 1. The molecule has 3 saturated heterocycles. The molecule has 8 nitrogen and oxygen atoms in total. The van der Waals surface area contributed by atoms with Gasteiger partial charge in [-0.2, -0.15) is 0 Å². The fourth-order valence-corrected chi connectivity index (χ4v) is 7.27. The Labute approximate surface area is 262 Å². The number of benzene rings is 2. The first-order valence-electron chi connectivity index (χ1n) is 16.2. The Balaban J connectivity index is 1.32.